The summed E-state index contributed by atoms with van der Waals surface area (Å²) in [5.41, 5.74) is 8.90. The second-order valence-corrected chi connectivity index (χ2v) is 13.5. The van der Waals surface area contributed by atoms with E-state index in [1.807, 2.05) is 48.5 Å². The summed E-state index contributed by atoms with van der Waals surface area (Å²) in [6.07, 6.45) is 0. The molecule has 0 saturated carbocycles. The summed E-state index contributed by atoms with van der Waals surface area (Å²) >= 11 is 0. The molecule has 0 N–H and O–H groups in total. The third-order valence-corrected chi connectivity index (χ3v) is 10.7. The van der Waals surface area contributed by atoms with Crippen LogP contribution < -0.4 is 0 Å². The quantitative estimate of drug-likeness (QED) is 0.169. The largest absolute Gasteiger partial charge is 0.455 e. The molecule has 0 saturated heterocycles. The molecule has 1 nitrogen and oxygen atoms in total. The summed E-state index contributed by atoms with van der Waals surface area (Å²) in [5.74, 6) is 0. The lowest BCUT2D eigenvalue weighted by Crippen LogP contribution is -1.90. The van der Waals surface area contributed by atoms with Crippen LogP contribution in [0.2, 0.25) is 0 Å². The van der Waals surface area contributed by atoms with Crippen molar-refractivity contribution >= 4 is 65.0 Å². The van der Waals surface area contributed by atoms with Gasteiger partial charge in [0, 0.05) is 21.9 Å². The number of hydrogen-bond donors (Lipinski definition) is 0. The van der Waals surface area contributed by atoms with Crippen LogP contribution in [-0.4, -0.2) is 0 Å². The van der Waals surface area contributed by atoms with E-state index in [2.05, 4.69) is 115 Å². The Morgan fingerprint density at radius 2 is 0.774 bits per heavy atom. The minimum Gasteiger partial charge on any atom is -0.455 e. The predicted molar refractivity (Wildman–Crippen MR) is 225 cm³/mol. The first-order valence-electron chi connectivity index (χ1n) is 20.4. The maximum absolute atomic E-state index is 8.92. The molecule has 0 aliphatic carbocycles. The topological polar surface area (TPSA) is 13.1 Å². The summed E-state index contributed by atoms with van der Waals surface area (Å²) in [7, 11) is 0. The molecule has 53 heavy (non-hydrogen) atoms. The number of furan rings is 1. The van der Waals surface area contributed by atoms with E-state index in [4.69, 9.17) is 11.3 Å². The molecule has 0 atom stereocenters. The first kappa shape index (κ1) is 25.1. The molecule has 0 fully saturated rings. The molecule has 0 aliphatic rings. The zero-order valence-corrected chi connectivity index (χ0v) is 28.5. The van der Waals surface area contributed by atoms with E-state index in [0.717, 1.165) is 76.5 Å². The van der Waals surface area contributed by atoms with Gasteiger partial charge in [0.05, 0.1) is 6.85 Å². The van der Waals surface area contributed by atoms with Gasteiger partial charge in [-0.15, -0.1) is 0 Å². The standard InChI is InChI=1S/C52H32O/c1-3-16-33(17-4-1)48-37-20-7-9-22-39(37)50(40-23-10-8-21-38(40)48)35-30-31-36-45-28-15-29-46(52(45)53-47(36)32-35)51-43-26-13-11-24-41(43)49(34-18-5-2-6-19-34)42-25-12-14-27-44(42)51/h1-32H/i1D,3D,4D,16D,17D. The molecule has 0 amide bonds. The third-order valence-electron chi connectivity index (χ3n) is 10.7. The predicted octanol–water partition coefficient (Wildman–Crippen LogP) is 14.9. The maximum Gasteiger partial charge on any atom is 0.143 e. The minimum atomic E-state index is -0.406. The molecular formula is C52H32O. The maximum atomic E-state index is 8.92. The Hall–Kier alpha value is -6.96. The van der Waals surface area contributed by atoms with Gasteiger partial charge in [-0.1, -0.05) is 182 Å². The lowest BCUT2D eigenvalue weighted by molar-refractivity contribution is 0.670. The van der Waals surface area contributed by atoms with Gasteiger partial charge in [0.25, 0.3) is 0 Å². The molecule has 0 spiro atoms. The first-order chi connectivity index (χ1) is 28.4. The van der Waals surface area contributed by atoms with Gasteiger partial charge < -0.3 is 4.42 Å². The van der Waals surface area contributed by atoms with E-state index >= 15 is 0 Å². The number of fused-ring (bicyclic) bond motifs is 7. The van der Waals surface area contributed by atoms with Crippen LogP contribution in [0.25, 0.3) is 110 Å². The van der Waals surface area contributed by atoms with E-state index < -0.39 is 6.04 Å². The molecule has 1 heterocycles. The summed E-state index contributed by atoms with van der Waals surface area (Å²) in [6.45, 7) is 0. The fourth-order valence-corrected chi connectivity index (χ4v) is 8.57. The molecule has 0 bridgehead atoms. The summed E-state index contributed by atoms with van der Waals surface area (Å²) < 4.78 is 50.0. The molecule has 246 valence electrons. The van der Waals surface area contributed by atoms with Gasteiger partial charge in [0.2, 0.25) is 0 Å². The molecule has 11 rings (SSSR count). The van der Waals surface area contributed by atoms with Crippen molar-refractivity contribution in [3.05, 3.63) is 194 Å². The van der Waals surface area contributed by atoms with Crippen LogP contribution in [-0.2, 0) is 0 Å². The Bertz CT molecular complexity index is 3370. The van der Waals surface area contributed by atoms with Crippen molar-refractivity contribution in [1.29, 1.82) is 0 Å². The SMILES string of the molecule is [2H]c1c([2H])c([2H])c(-c2c3ccccc3c(-c3ccc4c(c3)oc3c(-c5c6ccccc6c(-c6ccccc6)c6ccccc56)cccc34)c3ccccc23)c([2H])c1[2H]. The highest BCUT2D eigenvalue weighted by Crippen LogP contribution is 2.48. The zero-order chi connectivity index (χ0) is 39.2. The molecular weight excluding hydrogens is 641 g/mol. The Morgan fingerprint density at radius 1 is 0.321 bits per heavy atom. The first-order valence-corrected chi connectivity index (χ1v) is 17.9. The fourth-order valence-electron chi connectivity index (χ4n) is 8.57. The fraction of sp³-hybridized carbons (Fsp3) is 0. The van der Waals surface area contributed by atoms with Gasteiger partial charge in [0.15, 0.2) is 0 Å². The number of benzene rings is 10. The normalized spacial score (nSPS) is 13.1. The Balaban J connectivity index is 1.17. The second kappa shape index (κ2) is 11.8. The molecule has 1 aromatic heterocycles. The van der Waals surface area contributed by atoms with Crippen molar-refractivity contribution in [2.75, 3.05) is 0 Å². The molecule has 0 aliphatic heterocycles. The lowest BCUT2D eigenvalue weighted by Gasteiger charge is -2.17. The van der Waals surface area contributed by atoms with Gasteiger partial charge in [-0.25, -0.2) is 0 Å². The smallest absolute Gasteiger partial charge is 0.143 e. The van der Waals surface area contributed by atoms with Crippen molar-refractivity contribution in [2.24, 2.45) is 0 Å². The van der Waals surface area contributed by atoms with E-state index in [-0.39, 0.29) is 29.7 Å². The van der Waals surface area contributed by atoms with Crippen molar-refractivity contribution < 1.29 is 11.3 Å². The van der Waals surface area contributed by atoms with Crippen molar-refractivity contribution in [3.8, 4) is 44.5 Å². The molecule has 10 aromatic carbocycles. The summed E-state index contributed by atoms with van der Waals surface area (Å²) in [4.78, 5) is 0. The highest BCUT2D eigenvalue weighted by Gasteiger charge is 2.21. The van der Waals surface area contributed by atoms with Gasteiger partial charge in [-0.2, -0.15) is 0 Å². The molecule has 1 heteroatoms. The van der Waals surface area contributed by atoms with Gasteiger partial charge >= 0.3 is 0 Å². The van der Waals surface area contributed by atoms with E-state index in [0.29, 0.717) is 5.56 Å². The van der Waals surface area contributed by atoms with E-state index in [1.54, 1.807) is 0 Å². The summed E-state index contributed by atoms with van der Waals surface area (Å²) in [5, 5.41) is 10.2. The van der Waals surface area contributed by atoms with E-state index in [9.17, 15) is 0 Å². The summed E-state index contributed by atoms with van der Waals surface area (Å²) in [6, 6.07) is 55.1. The van der Waals surface area contributed by atoms with Crippen LogP contribution in [0.5, 0.6) is 0 Å². The Labute approximate surface area is 314 Å². The van der Waals surface area contributed by atoms with Crippen LogP contribution in [0.1, 0.15) is 6.85 Å². The highest BCUT2D eigenvalue weighted by atomic mass is 16.3. The van der Waals surface area contributed by atoms with Crippen LogP contribution >= 0.6 is 0 Å². The average Bonchev–Trinajstić information content (AvgIpc) is 3.65. The molecule has 11 aromatic rings. The van der Waals surface area contributed by atoms with Crippen LogP contribution in [0.4, 0.5) is 0 Å². The molecule has 0 unspecified atom stereocenters. The number of para-hydroxylation sites is 1. The lowest BCUT2D eigenvalue weighted by atomic mass is 9.85. The third kappa shape index (κ3) is 4.51. The second-order valence-electron chi connectivity index (χ2n) is 13.5. The van der Waals surface area contributed by atoms with Crippen molar-refractivity contribution in [2.45, 2.75) is 0 Å². The Kier molecular flexibility index (Phi) is 5.58. The molecule has 0 radical (unpaired) electrons. The van der Waals surface area contributed by atoms with Crippen LogP contribution in [0.3, 0.4) is 0 Å². The average molecular weight is 678 g/mol. The van der Waals surface area contributed by atoms with Gasteiger partial charge in [0.1, 0.15) is 11.2 Å². The van der Waals surface area contributed by atoms with Crippen molar-refractivity contribution in [1.82, 2.24) is 0 Å². The van der Waals surface area contributed by atoms with Gasteiger partial charge in [-0.3, -0.25) is 0 Å². The minimum absolute atomic E-state index is 0.196. The Morgan fingerprint density at radius 3 is 1.32 bits per heavy atom. The van der Waals surface area contributed by atoms with E-state index in [1.165, 1.54) is 21.9 Å². The monoisotopic (exact) mass is 677 g/mol. The van der Waals surface area contributed by atoms with Crippen molar-refractivity contribution in [3.63, 3.8) is 0 Å². The van der Waals surface area contributed by atoms with Gasteiger partial charge in [-0.05, 0) is 88.6 Å². The highest BCUT2D eigenvalue weighted by molar-refractivity contribution is 6.25. The number of hydrogen-bond acceptors (Lipinski definition) is 1. The number of rotatable bonds is 4. The zero-order valence-electron chi connectivity index (χ0n) is 33.5. The van der Waals surface area contributed by atoms with Crippen LogP contribution in [0, 0.1) is 0 Å². The van der Waals surface area contributed by atoms with Crippen LogP contribution in [0.15, 0.2) is 198 Å².